The van der Waals surface area contributed by atoms with Crippen molar-refractivity contribution < 1.29 is 18.4 Å². The number of hydrogen-bond donors (Lipinski definition) is 1. The van der Waals surface area contributed by atoms with Crippen LogP contribution in [0.1, 0.15) is 30.4 Å². The van der Waals surface area contributed by atoms with Crippen LogP contribution < -0.4 is 10.2 Å². The van der Waals surface area contributed by atoms with Crippen molar-refractivity contribution in [3.8, 4) is 0 Å². The average molecular weight is 453 g/mol. The van der Waals surface area contributed by atoms with Gasteiger partial charge in [-0.2, -0.15) is 5.10 Å². The van der Waals surface area contributed by atoms with Gasteiger partial charge in [0.2, 0.25) is 5.91 Å². The molecule has 3 aromatic rings. The number of halogens is 2. The number of piperidine rings is 1. The van der Waals surface area contributed by atoms with Crippen molar-refractivity contribution in [2.75, 3.05) is 24.5 Å². The fourth-order valence-electron chi connectivity index (χ4n) is 4.71. The van der Waals surface area contributed by atoms with Crippen molar-refractivity contribution in [2.45, 2.75) is 32.2 Å². The van der Waals surface area contributed by atoms with Crippen LogP contribution in [0.5, 0.6) is 0 Å². The lowest BCUT2D eigenvalue weighted by molar-refractivity contribution is -0.120. The molecule has 5 rings (SSSR count). The van der Waals surface area contributed by atoms with Gasteiger partial charge in [-0.05, 0) is 62.0 Å². The van der Waals surface area contributed by atoms with Crippen LogP contribution in [0.25, 0.3) is 5.52 Å². The van der Waals surface area contributed by atoms with E-state index >= 15 is 0 Å². The Morgan fingerprint density at radius 3 is 2.64 bits per heavy atom. The highest BCUT2D eigenvalue weighted by molar-refractivity contribution is 6.07. The number of imide groups is 1. The number of aromatic nitrogens is 2. The minimum absolute atomic E-state index is 0.262. The fourth-order valence-corrected chi connectivity index (χ4v) is 4.71. The minimum atomic E-state index is -0.553. The molecule has 2 fully saturated rings. The number of benzene rings is 1. The summed E-state index contributed by atoms with van der Waals surface area (Å²) in [7, 11) is 0. The Balaban J connectivity index is 1.23. The van der Waals surface area contributed by atoms with Gasteiger partial charge in [0.15, 0.2) is 0 Å². The summed E-state index contributed by atoms with van der Waals surface area (Å²) in [6.07, 6.45) is 6.72. The molecule has 1 aromatic carbocycles. The summed E-state index contributed by atoms with van der Waals surface area (Å²) in [5.41, 5.74) is 3.22. The monoisotopic (exact) mass is 453 g/mol. The Morgan fingerprint density at radius 1 is 1.06 bits per heavy atom. The molecule has 172 valence electrons. The van der Waals surface area contributed by atoms with Crippen LogP contribution in [0.2, 0.25) is 0 Å². The summed E-state index contributed by atoms with van der Waals surface area (Å²) < 4.78 is 28.8. The molecule has 33 heavy (non-hydrogen) atoms. The Bertz CT molecular complexity index is 1200. The Labute approximate surface area is 190 Å². The van der Waals surface area contributed by atoms with Gasteiger partial charge in [0.25, 0.3) is 0 Å². The number of anilines is 1. The molecule has 0 unspecified atom stereocenters. The first kappa shape index (κ1) is 21.5. The molecule has 0 radical (unpaired) electrons. The van der Waals surface area contributed by atoms with Crippen molar-refractivity contribution in [1.82, 2.24) is 19.8 Å². The fraction of sp³-hybridized carbons (Fsp3) is 0.375. The molecule has 4 heterocycles. The maximum absolute atomic E-state index is 14.0. The van der Waals surface area contributed by atoms with E-state index in [1.54, 1.807) is 15.6 Å². The predicted molar refractivity (Wildman–Crippen MR) is 119 cm³/mol. The second-order valence-electron chi connectivity index (χ2n) is 8.81. The molecule has 0 atom stereocenters. The molecule has 0 saturated carbocycles. The van der Waals surface area contributed by atoms with E-state index in [-0.39, 0.29) is 12.3 Å². The number of pyridine rings is 1. The zero-order valence-corrected chi connectivity index (χ0v) is 18.1. The lowest BCUT2D eigenvalue weighted by atomic mass is 9.90. The zero-order valence-electron chi connectivity index (χ0n) is 18.1. The molecule has 0 spiro atoms. The summed E-state index contributed by atoms with van der Waals surface area (Å²) in [5.74, 6) is -0.803. The van der Waals surface area contributed by atoms with E-state index < -0.39 is 17.7 Å². The number of carbonyl (C=O) groups excluding carboxylic acids is 2. The summed E-state index contributed by atoms with van der Waals surface area (Å²) >= 11 is 0. The van der Waals surface area contributed by atoms with E-state index in [0.717, 1.165) is 43.9 Å². The first-order valence-electron chi connectivity index (χ1n) is 11.2. The van der Waals surface area contributed by atoms with Gasteiger partial charge in [0.05, 0.1) is 17.4 Å². The second-order valence-corrected chi connectivity index (χ2v) is 8.81. The molecule has 1 N–H and O–H groups in total. The quantitative estimate of drug-likeness (QED) is 0.642. The van der Waals surface area contributed by atoms with Crippen LogP contribution in [0.3, 0.4) is 0 Å². The Hall–Kier alpha value is -3.33. The molecular weight excluding hydrogens is 428 g/mol. The third-order valence-electron chi connectivity index (χ3n) is 6.55. The van der Waals surface area contributed by atoms with E-state index in [9.17, 15) is 18.4 Å². The largest absolute Gasteiger partial charge is 0.328 e. The maximum Gasteiger partial charge on any atom is 0.328 e. The van der Waals surface area contributed by atoms with Crippen molar-refractivity contribution >= 4 is 23.1 Å². The summed E-state index contributed by atoms with van der Waals surface area (Å²) in [6, 6.07) is 7.45. The number of nitrogens with zero attached hydrogens (tertiary/aromatic N) is 4. The van der Waals surface area contributed by atoms with Gasteiger partial charge >= 0.3 is 6.03 Å². The van der Waals surface area contributed by atoms with E-state index in [4.69, 9.17) is 0 Å². The van der Waals surface area contributed by atoms with Gasteiger partial charge < -0.3 is 0 Å². The molecule has 2 aromatic heterocycles. The molecule has 9 heteroatoms. The number of amides is 3. The Morgan fingerprint density at radius 2 is 1.88 bits per heavy atom. The van der Waals surface area contributed by atoms with Crippen LogP contribution in [-0.4, -0.2) is 46.1 Å². The highest BCUT2D eigenvalue weighted by Crippen LogP contribution is 2.27. The molecule has 7 nitrogen and oxygen atoms in total. The molecule has 2 aliphatic heterocycles. The van der Waals surface area contributed by atoms with E-state index in [2.05, 4.69) is 21.4 Å². The predicted octanol–water partition coefficient (Wildman–Crippen LogP) is 3.51. The van der Waals surface area contributed by atoms with Gasteiger partial charge in [0.1, 0.15) is 11.6 Å². The SMILES string of the molecule is O=C1CCN(c2cnn3ccc(CC4CCN(Cc5ccc(F)cc5F)CC4)cc23)C(=O)N1. The first-order chi connectivity index (χ1) is 16.0. The normalized spacial score (nSPS) is 18.2. The number of likely N-dealkylation sites (tertiary alicyclic amines) is 1. The van der Waals surface area contributed by atoms with Crippen LogP contribution in [-0.2, 0) is 17.8 Å². The summed E-state index contributed by atoms with van der Waals surface area (Å²) in [4.78, 5) is 27.5. The van der Waals surface area contributed by atoms with Gasteiger partial charge in [-0.3, -0.25) is 19.9 Å². The topological polar surface area (TPSA) is 70.0 Å². The van der Waals surface area contributed by atoms with Crippen molar-refractivity contribution in [2.24, 2.45) is 5.92 Å². The van der Waals surface area contributed by atoms with Gasteiger partial charge in [-0.15, -0.1) is 0 Å². The van der Waals surface area contributed by atoms with Gasteiger partial charge in [-0.25, -0.2) is 18.1 Å². The first-order valence-corrected chi connectivity index (χ1v) is 11.2. The van der Waals surface area contributed by atoms with Crippen molar-refractivity contribution in [3.63, 3.8) is 0 Å². The molecular formula is C24H25F2N5O2. The van der Waals surface area contributed by atoms with E-state index in [1.165, 1.54) is 17.7 Å². The van der Waals surface area contributed by atoms with E-state index in [0.29, 0.717) is 30.3 Å². The number of nitrogens with one attached hydrogen (secondary N) is 1. The van der Waals surface area contributed by atoms with Gasteiger partial charge in [0, 0.05) is 37.3 Å². The second kappa shape index (κ2) is 8.90. The highest BCUT2D eigenvalue weighted by atomic mass is 19.1. The third kappa shape index (κ3) is 4.59. The van der Waals surface area contributed by atoms with Crippen molar-refractivity contribution in [3.05, 3.63) is 65.5 Å². The van der Waals surface area contributed by atoms with Crippen LogP contribution in [0.15, 0.2) is 42.7 Å². The number of carbonyl (C=O) groups is 2. The number of fused-ring (bicyclic) bond motifs is 1. The van der Waals surface area contributed by atoms with Crippen LogP contribution in [0.4, 0.5) is 19.3 Å². The number of hydrogen-bond acceptors (Lipinski definition) is 4. The zero-order chi connectivity index (χ0) is 22.9. The molecule has 2 saturated heterocycles. The molecule has 0 aliphatic carbocycles. The number of rotatable bonds is 5. The van der Waals surface area contributed by atoms with Crippen LogP contribution >= 0.6 is 0 Å². The highest BCUT2D eigenvalue weighted by Gasteiger charge is 2.27. The van der Waals surface area contributed by atoms with Crippen LogP contribution in [0, 0.1) is 17.6 Å². The summed E-state index contributed by atoms with van der Waals surface area (Å²) in [6.45, 7) is 2.56. The summed E-state index contributed by atoms with van der Waals surface area (Å²) in [5, 5.41) is 6.70. The maximum atomic E-state index is 14.0. The third-order valence-corrected chi connectivity index (χ3v) is 6.55. The Kier molecular flexibility index (Phi) is 5.80. The van der Waals surface area contributed by atoms with Gasteiger partial charge in [-0.1, -0.05) is 6.07 Å². The van der Waals surface area contributed by atoms with Crippen molar-refractivity contribution in [1.29, 1.82) is 0 Å². The molecule has 0 bridgehead atoms. The minimum Gasteiger partial charge on any atom is -0.299 e. The average Bonchev–Trinajstić information content (AvgIpc) is 3.20. The lowest BCUT2D eigenvalue weighted by Crippen LogP contribution is -2.49. The lowest BCUT2D eigenvalue weighted by Gasteiger charge is -2.32. The molecule has 2 aliphatic rings. The molecule has 3 amide bonds. The van der Waals surface area contributed by atoms with E-state index in [1.807, 2.05) is 12.3 Å². The standard InChI is InChI=1S/C24H25F2N5O2/c25-19-2-1-18(20(26)13-19)15-29-7-3-16(4-8-29)11-17-5-10-31-21(12-17)22(14-27-31)30-9-6-23(32)28-24(30)33/h1-2,5,10,12-14,16H,3-4,6-9,11,15H2,(H,28,32,33). The number of urea groups is 1. The smallest absolute Gasteiger partial charge is 0.299 e.